The number of nitrogens with two attached hydrogens (primary N) is 1. The molecule has 0 aliphatic rings. The molecule has 1 atom stereocenters. The van der Waals surface area contributed by atoms with Crippen molar-refractivity contribution in [2.24, 2.45) is 5.73 Å². The number of hydrogen-bond donors (Lipinski definition) is 1. The zero-order valence-corrected chi connectivity index (χ0v) is 13.7. The predicted octanol–water partition coefficient (Wildman–Crippen LogP) is 3.97. The van der Waals surface area contributed by atoms with Gasteiger partial charge in [0.05, 0.1) is 5.69 Å². The third kappa shape index (κ3) is 3.31. The van der Waals surface area contributed by atoms with Gasteiger partial charge in [0.15, 0.2) is 4.96 Å². The van der Waals surface area contributed by atoms with Crippen LogP contribution < -0.4 is 5.73 Å². The van der Waals surface area contributed by atoms with Gasteiger partial charge in [-0.15, -0.1) is 11.3 Å². The summed E-state index contributed by atoms with van der Waals surface area (Å²) in [5, 5.41) is 3.20. The molecule has 21 heavy (non-hydrogen) atoms. The van der Waals surface area contributed by atoms with Crippen molar-refractivity contribution >= 4 is 28.1 Å². The van der Waals surface area contributed by atoms with Crippen molar-refractivity contribution in [1.82, 2.24) is 9.38 Å². The number of aromatic nitrogens is 2. The summed E-state index contributed by atoms with van der Waals surface area (Å²) in [7, 11) is 0. The van der Waals surface area contributed by atoms with Gasteiger partial charge in [-0.25, -0.2) is 4.98 Å². The molecule has 3 rings (SSSR count). The summed E-state index contributed by atoms with van der Waals surface area (Å²) in [5.41, 5.74) is 8.73. The van der Waals surface area contributed by atoms with Gasteiger partial charge in [0.1, 0.15) is 5.03 Å². The molecule has 1 aromatic carbocycles. The van der Waals surface area contributed by atoms with Crippen LogP contribution in [0.4, 0.5) is 0 Å². The molecule has 0 bridgehead atoms. The van der Waals surface area contributed by atoms with E-state index in [0.717, 1.165) is 28.6 Å². The minimum absolute atomic E-state index is 0.195. The molecule has 3 aromatic rings. The van der Waals surface area contributed by atoms with Crippen molar-refractivity contribution in [1.29, 1.82) is 0 Å². The Labute approximate surface area is 133 Å². The molecule has 2 heterocycles. The number of thioether (sulfide) groups is 1. The minimum atomic E-state index is 0.195. The van der Waals surface area contributed by atoms with E-state index in [2.05, 4.69) is 47.2 Å². The van der Waals surface area contributed by atoms with E-state index in [1.807, 2.05) is 6.07 Å². The summed E-state index contributed by atoms with van der Waals surface area (Å²) < 4.78 is 2.19. The molecule has 1 unspecified atom stereocenters. The summed E-state index contributed by atoms with van der Waals surface area (Å²) in [4.78, 5) is 5.82. The first-order valence-corrected chi connectivity index (χ1v) is 9.01. The van der Waals surface area contributed by atoms with Gasteiger partial charge in [-0.2, -0.15) is 0 Å². The van der Waals surface area contributed by atoms with Gasteiger partial charge in [-0.3, -0.25) is 4.40 Å². The number of rotatable bonds is 6. The lowest BCUT2D eigenvalue weighted by Gasteiger charge is -2.09. The highest BCUT2D eigenvalue weighted by atomic mass is 32.2. The van der Waals surface area contributed by atoms with E-state index in [4.69, 9.17) is 10.7 Å². The van der Waals surface area contributed by atoms with Crippen LogP contribution in [-0.2, 0) is 12.2 Å². The number of thiazole rings is 1. The maximum Gasteiger partial charge on any atom is 0.194 e. The monoisotopic (exact) mass is 317 g/mol. The Balaban J connectivity index is 1.83. The minimum Gasteiger partial charge on any atom is -0.327 e. The van der Waals surface area contributed by atoms with Crippen molar-refractivity contribution in [2.75, 3.05) is 0 Å². The molecule has 0 spiro atoms. The molecule has 2 N–H and O–H groups in total. The highest BCUT2D eigenvalue weighted by Gasteiger charge is 2.15. The van der Waals surface area contributed by atoms with E-state index < -0.39 is 0 Å². The molecule has 5 heteroatoms. The van der Waals surface area contributed by atoms with Crippen molar-refractivity contribution in [3.63, 3.8) is 0 Å². The Morgan fingerprint density at radius 1 is 1.33 bits per heavy atom. The first-order valence-electron chi connectivity index (χ1n) is 7.14. The smallest absolute Gasteiger partial charge is 0.194 e. The van der Waals surface area contributed by atoms with Crippen LogP contribution in [0.25, 0.3) is 4.96 Å². The fourth-order valence-corrected chi connectivity index (χ4v) is 4.02. The van der Waals surface area contributed by atoms with Crippen molar-refractivity contribution in [3.05, 3.63) is 53.2 Å². The van der Waals surface area contributed by atoms with Crippen LogP contribution in [0.3, 0.4) is 0 Å². The van der Waals surface area contributed by atoms with Crippen molar-refractivity contribution < 1.29 is 0 Å². The Hall–Kier alpha value is -1.30. The summed E-state index contributed by atoms with van der Waals surface area (Å²) in [6.45, 7) is 2.13. The fourth-order valence-electron chi connectivity index (χ4n) is 2.23. The van der Waals surface area contributed by atoms with Gasteiger partial charge < -0.3 is 5.73 Å². The van der Waals surface area contributed by atoms with Gasteiger partial charge >= 0.3 is 0 Å². The molecule has 0 fully saturated rings. The zero-order valence-electron chi connectivity index (χ0n) is 12.0. The largest absolute Gasteiger partial charge is 0.327 e. The highest BCUT2D eigenvalue weighted by Crippen LogP contribution is 2.29. The summed E-state index contributed by atoms with van der Waals surface area (Å²) >= 11 is 3.48. The Morgan fingerprint density at radius 3 is 2.90 bits per heavy atom. The first-order chi connectivity index (χ1) is 10.3. The lowest BCUT2D eigenvalue weighted by Crippen LogP contribution is -2.22. The zero-order chi connectivity index (χ0) is 14.7. The molecular weight excluding hydrogens is 298 g/mol. The van der Waals surface area contributed by atoms with E-state index in [0.29, 0.717) is 0 Å². The molecule has 0 saturated carbocycles. The van der Waals surface area contributed by atoms with E-state index in [1.54, 1.807) is 23.1 Å². The third-order valence-electron chi connectivity index (χ3n) is 3.52. The van der Waals surface area contributed by atoms with Gasteiger partial charge in [-0.1, -0.05) is 49.0 Å². The first kappa shape index (κ1) is 14.6. The van der Waals surface area contributed by atoms with Crippen LogP contribution >= 0.6 is 23.1 Å². The quantitative estimate of drug-likeness (QED) is 0.700. The Morgan fingerprint density at radius 2 is 2.14 bits per heavy atom. The second-order valence-corrected chi connectivity index (χ2v) is 6.90. The van der Waals surface area contributed by atoms with E-state index in [1.165, 1.54) is 11.3 Å². The number of imidazole rings is 1. The van der Waals surface area contributed by atoms with Gasteiger partial charge in [0, 0.05) is 29.8 Å². The van der Waals surface area contributed by atoms with E-state index in [9.17, 15) is 0 Å². The highest BCUT2D eigenvalue weighted by molar-refractivity contribution is 7.98. The van der Waals surface area contributed by atoms with Gasteiger partial charge in [0.25, 0.3) is 0 Å². The lowest BCUT2D eigenvalue weighted by atomic mass is 10.1. The molecule has 0 radical (unpaired) electrons. The number of nitrogens with zero attached hydrogens (tertiary/aromatic N) is 2. The van der Waals surface area contributed by atoms with E-state index >= 15 is 0 Å². The maximum absolute atomic E-state index is 6.15. The van der Waals surface area contributed by atoms with Crippen molar-refractivity contribution in [3.8, 4) is 0 Å². The summed E-state index contributed by atoms with van der Waals surface area (Å²) in [6.07, 6.45) is 3.96. The van der Waals surface area contributed by atoms with Crippen molar-refractivity contribution in [2.45, 2.75) is 36.6 Å². The average Bonchev–Trinajstić information content (AvgIpc) is 3.09. The standard InChI is InChI=1S/C16H19N3S2/c1-2-13(17)10-14-15(18-16-19(14)8-9-20-16)21-11-12-6-4-3-5-7-12/h3-9,13H,2,10-11,17H2,1H3. The molecule has 0 aliphatic carbocycles. The predicted molar refractivity (Wildman–Crippen MR) is 91.0 cm³/mol. The summed E-state index contributed by atoms with van der Waals surface area (Å²) in [5.74, 6) is 0.944. The average molecular weight is 317 g/mol. The Bertz CT molecular complexity index is 703. The second kappa shape index (κ2) is 6.64. The molecule has 3 nitrogen and oxygen atoms in total. The Kier molecular flexibility index (Phi) is 4.63. The second-order valence-electron chi connectivity index (χ2n) is 5.07. The SMILES string of the molecule is CCC(N)Cc1c(SCc2ccccc2)nc2sccn12. The van der Waals surface area contributed by atoms with Crippen LogP contribution in [0.15, 0.2) is 46.9 Å². The molecule has 2 aromatic heterocycles. The van der Waals surface area contributed by atoms with E-state index in [-0.39, 0.29) is 6.04 Å². The lowest BCUT2D eigenvalue weighted by molar-refractivity contribution is 0.627. The molecule has 0 aliphatic heterocycles. The summed E-state index contributed by atoms with van der Waals surface area (Å²) in [6, 6.07) is 10.7. The van der Waals surface area contributed by atoms with Crippen LogP contribution in [0.5, 0.6) is 0 Å². The topological polar surface area (TPSA) is 43.3 Å². The molecular formula is C16H19N3S2. The molecule has 0 amide bonds. The maximum atomic E-state index is 6.15. The van der Waals surface area contributed by atoms with Gasteiger partial charge in [-0.05, 0) is 12.0 Å². The van der Waals surface area contributed by atoms with Crippen LogP contribution in [0.1, 0.15) is 24.6 Å². The number of benzene rings is 1. The normalized spacial score (nSPS) is 12.9. The fraction of sp³-hybridized carbons (Fsp3) is 0.312. The molecule has 0 saturated heterocycles. The van der Waals surface area contributed by atoms with Crippen LogP contribution in [0, 0.1) is 0 Å². The number of fused-ring (bicyclic) bond motifs is 1. The molecule has 110 valence electrons. The van der Waals surface area contributed by atoms with Crippen LogP contribution in [-0.4, -0.2) is 15.4 Å². The third-order valence-corrected chi connectivity index (χ3v) is 5.36. The number of hydrogen-bond acceptors (Lipinski definition) is 4. The van der Waals surface area contributed by atoms with Crippen LogP contribution in [0.2, 0.25) is 0 Å². The van der Waals surface area contributed by atoms with Gasteiger partial charge in [0.2, 0.25) is 0 Å².